The van der Waals surface area contributed by atoms with Crippen molar-refractivity contribution in [2.45, 2.75) is 97.2 Å². The summed E-state index contributed by atoms with van der Waals surface area (Å²) in [6.07, 6.45) is 15.3. The SMILES string of the molecule is C=C1[C@H](O)CC(=C/C=C2\CCC[C@]3(C)[C@@H]([C@H](CC)CCC)CC[C@@H]23)C[C@H]1O. The summed E-state index contributed by atoms with van der Waals surface area (Å²) in [5.74, 6) is 2.50. The van der Waals surface area contributed by atoms with Gasteiger partial charge in [-0.2, -0.15) is 0 Å². The number of fused-ring (bicyclic) bond motifs is 1. The fourth-order valence-electron chi connectivity index (χ4n) is 6.54. The molecule has 3 aliphatic carbocycles. The first kappa shape index (κ1) is 20.9. The molecule has 152 valence electrons. The van der Waals surface area contributed by atoms with Crippen molar-refractivity contribution in [3.8, 4) is 0 Å². The lowest BCUT2D eigenvalue weighted by Crippen LogP contribution is -2.36. The normalized spacial score (nSPS) is 39.5. The van der Waals surface area contributed by atoms with Gasteiger partial charge in [-0.05, 0) is 73.7 Å². The van der Waals surface area contributed by atoms with Gasteiger partial charge in [0.15, 0.2) is 0 Å². The van der Waals surface area contributed by atoms with Crippen molar-refractivity contribution in [1.29, 1.82) is 0 Å². The van der Waals surface area contributed by atoms with Crippen LogP contribution in [0, 0.1) is 23.2 Å². The van der Waals surface area contributed by atoms with Gasteiger partial charge >= 0.3 is 0 Å². The van der Waals surface area contributed by atoms with Crippen molar-refractivity contribution >= 4 is 0 Å². The van der Waals surface area contributed by atoms with Crippen molar-refractivity contribution in [2.24, 2.45) is 23.2 Å². The summed E-state index contributed by atoms with van der Waals surface area (Å²) in [4.78, 5) is 0. The average molecular weight is 373 g/mol. The zero-order valence-corrected chi connectivity index (χ0v) is 17.7. The molecule has 2 nitrogen and oxygen atoms in total. The van der Waals surface area contributed by atoms with E-state index < -0.39 is 12.2 Å². The Morgan fingerprint density at radius 1 is 1.15 bits per heavy atom. The Labute approximate surface area is 166 Å². The van der Waals surface area contributed by atoms with Crippen LogP contribution in [0.2, 0.25) is 0 Å². The fourth-order valence-corrected chi connectivity index (χ4v) is 6.54. The predicted octanol–water partition coefficient (Wildman–Crippen LogP) is 5.95. The molecule has 6 atom stereocenters. The molecule has 3 aliphatic rings. The number of rotatable bonds is 5. The largest absolute Gasteiger partial charge is 0.388 e. The molecule has 27 heavy (non-hydrogen) atoms. The highest BCUT2D eigenvalue weighted by molar-refractivity contribution is 5.29. The van der Waals surface area contributed by atoms with E-state index in [1.165, 1.54) is 51.4 Å². The Bertz CT molecular complexity index is 585. The van der Waals surface area contributed by atoms with Crippen molar-refractivity contribution in [1.82, 2.24) is 0 Å². The highest BCUT2D eigenvalue weighted by Crippen LogP contribution is 2.60. The lowest BCUT2D eigenvalue weighted by atomic mass is 9.60. The van der Waals surface area contributed by atoms with Crippen molar-refractivity contribution in [2.75, 3.05) is 0 Å². The first-order valence-corrected chi connectivity index (χ1v) is 11.3. The molecular weight excluding hydrogens is 332 g/mol. The first-order chi connectivity index (χ1) is 12.9. The van der Waals surface area contributed by atoms with Crippen LogP contribution in [0.25, 0.3) is 0 Å². The van der Waals surface area contributed by atoms with Crippen LogP contribution in [0.1, 0.15) is 85.0 Å². The molecular formula is C25H40O2. The topological polar surface area (TPSA) is 40.5 Å². The van der Waals surface area contributed by atoms with E-state index >= 15 is 0 Å². The van der Waals surface area contributed by atoms with E-state index in [9.17, 15) is 10.2 Å². The number of aliphatic hydroxyl groups is 2. The second kappa shape index (κ2) is 8.66. The number of hydrogen-bond acceptors (Lipinski definition) is 2. The quantitative estimate of drug-likeness (QED) is 0.585. The molecule has 0 aromatic heterocycles. The molecule has 0 radical (unpaired) electrons. The Balaban J connectivity index is 1.77. The van der Waals surface area contributed by atoms with Crippen LogP contribution in [0.3, 0.4) is 0 Å². The van der Waals surface area contributed by atoms with E-state index in [2.05, 4.69) is 39.5 Å². The van der Waals surface area contributed by atoms with Gasteiger partial charge in [0, 0.05) is 0 Å². The van der Waals surface area contributed by atoms with Gasteiger partial charge in [-0.3, -0.25) is 0 Å². The molecule has 3 fully saturated rings. The molecule has 2 heteroatoms. The molecule has 0 aromatic carbocycles. The Kier molecular flexibility index (Phi) is 6.69. The summed E-state index contributed by atoms with van der Waals surface area (Å²) in [6, 6.07) is 0. The van der Waals surface area contributed by atoms with Crippen LogP contribution in [-0.4, -0.2) is 22.4 Å². The molecule has 0 unspecified atom stereocenters. The van der Waals surface area contributed by atoms with Gasteiger partial charge in [-0.15, -0.1) is 0 Å². The molecule has 0 amide bonds. The van der Waals surface area contributed by atoms with Crippen LogP contribution in [0.4, 0.5) is 0 Å². The molecule has 3 rings (SSSR count). The van der Waals surface area contributed by atoms with E-state index in [1.807, 2.05) is 0 Å². The average Bonchev–Trinajstić information content (AvgIpc) is 2.99. The summed E-state index contributed by atoms with van der Waals surface area (Å²) in [6.45, 7) is 11.1. The maximum absolute atomic E-state index is 10.1. The molecule has 3 saturated carbocycles. The maximum Gasteiger partial charge on any atom is 0.0809 e. The van der Waals surface area contributed by atoms with Crippen LogP contribution >= 0.6 is 0 Å². The Morgan fingerprint density at radius 3 is 2.48 bits per heavy atom. The third-order valence-corrected chi connectivity index (χ3v) is 8.09. The van der Waals surface area contributed by atoms with E-state index in [4.69, 9.17) is 0 Å². The molecule has 0 heterocycles. The van der Waals surface area contributed by atoms with E-state index in [1.54, 1.807) is 5.57 Å². The molecule has 0 aliphatic heterocycles. The van der Waals surface area contributed by atoms with Crippen molar-refractivity contribution in [3.63, 3.8) is 0 Å². The van der Waals surface area contributed by atoms with Gasteiger partial charge in [0.2, 0.25) is 0 Å². The van der Waals surface area contributed by atoms with Gasteiger partial charge < -0.3 is 10.2 Å². The Morgan fingerprint density at radius 2 is 1.85 bits per heavy atom. The zero-order valence-electron chi connectivity index (χ0n) is 17.7. The van der Waals surface area contributed by atoms with Gasteiger partial charge in [0.1, 0.15) is 0 Å². The van der Waals surface area contributed by atoms with E-state index in [-0.39, 0.29) is 0 Å². The molecule has 0 spiro atoms. The lowest BCUT2D eigenvalue weighted by molar-refractivity contribution is 0.0853. The van der Waals surface area contributed by atoms with Crippen LogP contribution in [0.5, 0.6) is 0 Å². The second-order valence-corrected chi connectivity index (χ2v) is 9.63. The lowest BCUT2D eigenvalue weighted by Gasteiger charge is -2.45. The third kappa shape index (κ3) is 4.12. The highest BCUT2D eigenvalue weighted by atomic mass is 16.3. The number of aliphatic hydroxyl groups excluding tert-OH is 2. The maximum atomic E-state index is 10.1. The molecule has 0 saturated heterocycles. The van der Waals surface area contributed by atoms with Crippen molar-refractivity contribution in [3.05, 3.63) is 35.5 Å². The van der Waals surface area contributed by atoms with Gasteiger partial charge in [0.25, 0.3) is 0 Å². The summed E-state index contributed by atoms with van der Waals surface area (Å²) >= 11 is 0. The first-order valence-electron chi connectivity index (χ1n) is 11.3. The highest BCUT2D eigenvalue weighted by Gasteiger charge is 2.50. The minimum atomic E-state index is -0.592. The van der Waals surface area contributed by atoms with Crippen molar-refractivity contribution < 1.29 is 10.2 Å². The third-order valence-electron chi connectivity index (χ3n) is 8.09. The monoisotopic (exact) mass is 372 g/mol. The van der Waals surface area contributed by atoms with E-state index in [0.29, 0.717) is 23.8 Å². The van der Waals surface area contributed by atoms with Crippen LogP contribution in [-0.2, 0) is 0 Å². The smallest absolute Gasteiger partial charge is 0.0809 e. The fraction of sp³-hybridized carbons (Fsp3) is 0.760. The van der Waals surface area contributed by atoms with E-state index in [0.717, 1.165) is 23.3 Å². The Hall–Kier alpha value is -0.860. The van der Waals surface area contributed by atoms with Crippen LogP contribution in [0.15, 0.2) is 35.5 Å². The summed E-state index contributed by atoms with van der Waals surface area (Å²) in [7, 11) is 0. The summed E-state index contributed by atoms with van der Waals surface area (Å²) < 4.78 is 0. The van der Waals surface area contributed by atoms with Gasteiger partial charge in [-0.1, -0.05) is 69.9 Å². The standard InChI is InChI=1S/C25H40O2/c1-5-8-19(6-2)21-12-13-22-20(9-7-14-25(21,22)4)11-10-18-15-23(26)17(3)24(27)16-18/h10-11,19,21-24,26-27H,3,5-9,12-16H2,1-2,4H3/b20-11+/t19-,21-,22+,23-,24-,25-/m1/s1. The predicted molar refractivity (Wildman–Crippen MR) is 113 cm³/mol. The number of allylic oxidation sites excluding steroid dienone is 3. The van der Waals surface area contributed by atoms with Crippen LogP contribution < -0.4 is 0 Å². The molecule has 2 N–H and O–H groups in total. The molecule has 0 aromatic rings. The van der Waals surface area contributed by atoms with Gasteiger partial charge in [-0.25, -0.2) is 0 Å². The summed E-state index contributed by atoms with van der Waals surface area (Å²) in [5, 5.41) is 20.2. The number of hydrogen-bond donors (Lipinski definition) is 2. The zero-order chi connectivity index (χ0) is 19.6. The van der Waals surface area contributed by atoms with Gasteiger partial charge in [0.05, 0.1) is 12.2 Å². The molecule has 0 bridgehead atoms. The summed E-state index contributed by atoms with van der Waals surface area (Å²) in [5.41, 5.74) is 3.83. The minimum Gasteiger partial charge on any atom is -0.388 e. The minimum absolute atomic E-state index is 0.471. The second-order valence-electron chi connectivity index (χ2n) is 9.63.